The minimum atomic E-state index is -1.10. The lowest BCUT2D eigenvalue weighted by Crippen LogP contribution is -2.61. The zero-order valence-corrected chi connectivity index (χ0v) is 26.8. The van der Waals surface area contributed by atoms with Gasteiger partial charge in [-0.3, -0.25) is 19.2 Å². The van der Waals surface area contributed by atoms with E-state index in [1.165, 1.54) is 17.0 Å². The predicted octanol–water partition coefficient (Wildman–Crippen LogP) is 2.72. The number of amides is 4. The molecule has 1 heterocycles. The summed E-state index contributed by atoms with van der Waals surface area (Å²) in [6.07, 6.45) is 0.617. The molecule has 4 amide bonds. The molecule has 48 heavy (non-hydrogen) atoms. The molecule has 0 unspecified atom stereocenters. The number of hydrogen-bond donors (Lipinski definition) is 5. The van der Waals surface area contributed by atoms with Crippen LogP contribution in [0.5, 0.6) is 5.75 Å². The molecule has 0 aromatic heterocycles. The molecule has 0 fully saturated rings. The van der Waals surface area contributed by atoms with Crippen LogP contribution in [-0.2, 0) is 45.0 Å². The van der Waals surface area contributed by atoms with Crippen LogP contribution >= 0.6 is 0 Å². The summed E-state index contributed by atoms with van der Waals surface area (Å²) in [6, 6.07) is 28.5. The van der Waals surface area contributed by atoms with Crippen molar-refractivity contribution in [2.24, 2.45) is 11.5 Å². The second-order valence-corrected chi connectivity index (χ2v) is 12.3. The fourth-order valence-electron chi connectivity index (χ4n) is 6.13. The Kier molecular flexibility index (Phi) is 10.9. The Hall–Kier alpha value is -5.48. The molecule has 0 bridgehead atoms. The first-order valence-corrected chi connectivity index (χ1v) is 16.0. The fraction of sp³-hybridized carbons (Fsp3) is 0.263. The molecule has 5 rings (SSSR count). The van der Waals surface area contributed by atoms with E-state index in [-0.39, 0.29) is 31.6 Å². The van der Waals surface area contributed by atoms with Gasteiger partial charge < -0.3 is 32.1 Å². The number of nitrogens with zero attached hydrogens (tertiary/aromatic N) is 1. The first-order chi connectivity index (χ1) is 23.1. The van der Waals surface area contributed by atoms with Gasteiger partial charge in [-0.2, -0.15) is 0 Å². The molecule has 0 saturated heterocycles. The molecule has 0 spiro atoms. The predicted molar refractivity (Wildman–Crippen MR) is 182 cm³/mol. The molecule has 5 atom stereocenters. The van der Waals surface area contributed by atoms with Crippen LogP contribution in [-0.4, -0.2) is 57.8 Å². The minimum Gasteiger partial charge on any atom is -0.508 e. The van der Waals surface area contributed by atoms with Gasteiger partial charge in [-0.25, -0.2) is 0 Å². The van der Waals surface area contributed by atoms with Crippen molar-refractivity contribution in [3.8, 4) is 5.75 Å². The molecule has 0 radical (unpaired) electrons. The zero-order chi connectivity index (χ0) is 34.2. The van der Waals surface area contributed by atoms with Gasteiger partial charge in [0.1, 0.15) is 23.9 Å². The van der Waals surface area contributed by atoms with Crippen LogP contribution < -0.4 is 22.1 Å². The number of phenolic OH excluding ortho intramolecular Hbond substituents is 1. The van der Waals surface area contributed by atoms with Crippen molar-refractivity contribution < 1.29 is 24.3 Å². The summed E-state index contributed by atoms with van der Waals surface area (Å²) < 4.78 is 0. The maximum absolute atomic E-state index is 14.3. The third kappa shape index (κ3) is 8.26. The van der Waals surface area contributed by atoms with Crippen molar-refractivity contribution >= 4 is 23.6 Å². The van der Waals surface area contributed by atoms with Crippen LogP contribution in [0, 0.1) is 0 Å². The quantitative estimate of drug-likeness (QED) is 0.159. The third-order valence-electron chi connectivity index (χ3n) is 8.89. The SMILES string of the molecule is C[C@H](c1ccccc1)[C@@H](NC(=O)[C@@H]1Cc2ccccc2CN1C(=O)[C@@H](N)Cc1ccc(O)cc1)C(=O)N[C@@H](Cc1ccccc1)C(N)=O. The molecular weight excluding hydrogens is 606 g/mol. The summed E-state index contributed by atoms with van der Waals surface area (Å²) in [4.78, 5) is 56.1. The number of carbonyl (C=O) groups is 4. The molecule has 248 valence electrons. The lowest BCUT2D eigenvalue weighted by atomic mass is 9.90. The van der Waals surface area contributed by atoms with E-state index in [9.17, 15) is 24.3 Å². The monoisotopic (exact) mass is 647 g/mol. The van der Waals surface area contributed by atoms with Crippen molar-refractivity contribution in [1.29, 1.82) is 0 Å². The van der Waals surface area contributed by atoms with Crippen molar-refractivity contribution in [2.45, 2.75) is 62.8 Å². The highest BCUT2D eigenvalue weighted by Gasteiger charge is 2.39. The number of nitrogens with one attached hydrogen (secondary N) is 2. The third-order valence-corrected chi connectivity index (χ3v) is 8.89. The first-order valence-electron chi connectivity index (χ1n) is 16.0. The van der Waals surface area contributed by atoms with E-state index in [0.29, 0.717) is 0 Å². The van der Waals surface area contributed by atoms with Crippen LogP contribution in [0.25, 0.3) is 0 Å². The summed E-state index contributed by atoms with van der Waals surface area (Å²) in [5, 5.41) is 15.4. The molecule has 10 nitrogen and oxygen atoms in total. The number of rotatable bonds is 12. The second kappa shape index (κ2) is 15.4. The Labute approximate surface area is 280 Å². The molecule has 1 aliphatic rings. The van der Waals surface area contributed by atoms with Crippen molar-refractivity contribution in [2.75, 3.05) is 0 Å². The van der Waals surface area contributed by atoms with Gasteiger partial charge in [-0.1, -0.05) is 104 Å². The molecule has 7 N–H and O–H groups in total. The summed E-state index contributed by atoms with van der Waals surface area (Å²) in [7, 11) is 0. The minimum absolute atomic E-state index is 0.105. The summed E-state index contributed by atoms with van der Waals surface area (Å²) in [6.45, 7) is 1.99. The standard InChI is InChI=1S/C38H41N5O5/c1-24(27-12-6-3-7-13-27)34(37(47)41-32(35(40)45)21-25-10-4-2-5-11-25)42-36(46)33-22-28-14-8-9-15-29(28)23-43(33)38(48)31(39)20-26-16-18-30(44)19-17-26/h2-19,24,31-34,44H,20-23,39H2,1H3,(H2,40,45)(H,41,47)(H,42,46)/t24-,31+,32+,33+,34-/m1/s1. The highest BCUT2D eigenvalue weighted by molar-refractivity contribution is 5.95. The second-order valence-electron chi connectivity index (χ2n) is 12.3. The Morgan fingerprint density at radius 2 is 1.38 bits per heavy atom. The summed E-state index contributed by atoms with van der Waals surface area (Å²) in [5.74, 6) is -2.60. The maximum Gasteiger partial charge on any atom is 0.243 e. The highest BCUT2D eigenvalue weighted by atomic mass is 16.3. The first kappa shape index (κ1) is 33.9. The van der Waals surface area contributed by atoms with Gasteiger partial charge in [-0.05, 0) is 46.4 Å². The number of nitrogens with two attached hydrogens (primary N) is 2. The highest BCUT2D eigenvalue weighted by Crippen LogP contribution is 2.26. The van der Waals surface area contributed by atoms with Crippen LogP contribution in [0.3, 0.4) is 0 Å². The largest absolute Gasteiger partial charge is 0.508 e. The van der Waals surface area contributed by atoms with Gasteiger partial charge >= 0.3 is 0 Å². The van der Waals surface area contributed by atoms with E-state index in [2.05, 4.69) is 10.6 Å². The maximum atomic E-state index is 14.3. The Morgan fingerprint density at radius 3 is 2.02 bits per heavy atom. The van der Waals surface area contributed by atoms with E-state index in [0.717, 1.165) is 27.8 Å². The number of primary amides is 1. The van der Waals surface area contributed by atoms with Gasteiger partial charge in [0.25, 0.3) is 0 Å². The Morgan fingerprint density at radius 1 is 0.792 bits per heavy atom. The zero-order valence-electron chi connectivity index (χ0n) is 26.8. The number of aromatic hydroxyl groups is 1. The van der Waals surface area contributed by atoms with E-state index < -0.39 is 53.7 Å². The lowest BCUT2D eigenvalue weighted by Gasteiger charge is -2.38. The van der Waals surface area contributed by atoms with Crippen LogP contribution in [0.15, 0.2) is 109 Å². The molecule has 0 saturated carbocycles. The Balaban J connectivity index is 1.41. The molecule has 1 aliphatic heterocycles. The average Bonchev–Trinajstić information content (AvgIpc) is 3.10. The lowest BCUT2D eigenvalue weighted by molar-refractivity contribution is -0.143. The normalized spacial score (nSPS) is 16.5. The molecule has 4 aromatic carbocycles. The van der Waals surface area contributed by atoms with Gasteiger partial charge in [0, 0.05) is 25.3 Å². The van der Waals surface area contributed by atoms with E-state index >= 15 is 0 Å². The smallest absolute Gasteiger partial charge is 0.243 e. The molecule has 4 aromatic rings. The molecular formula is C38H41N5O5. The Bertz CT molecular complexity index is 1730. The van der Waals surface area contributed by atoms with Gasteiger partial charge in [0.15, 0.2) is 0 Å². The fourth-order valence-corrected chi connectivity index (χ4v) is 6.13. The van der Waals surface area contributed by atoms with Crippen molar-refractivity contribution in [3.05, 3.63) is 137 Å². The topological polar surface area (TPSA) is 168 Å². The summed E-state index contributed by atoms with van der Waals surface area (Å²) in [5.41, 5.74) is 16.4. The molecule has 0 aliphatic carbocycles. The van der Waals surface area contributed by atoms with Gasteiger partial charge in [-0.15, -0.1) is 0 Å². The average molecular weight is 648 g/mol. The van der Waals surface area contributed by atoms with E-state index in [4.69, 9.17) is 11.5 Å². The van der Waals surface area contributed by atoms with Gasteiger partial charge in [0.05, 0.1) is 6.04 Å². The summed E-state index contributed by atoms with van der Waals surface area (Å²) >= 11 is 0. The van der Waals surface area contributed by atoms with Gasteiger partial charge in [0.2, 0.25) is 23.6 Å². The number of fused-ring (bicyclic) bond motifs is 1. The van der Waals surface area contributed by atoms with E-state index in [1.54, 1.807) is 12.1 Å². The number of phenols is 1. The number of carbonyl (C=O) groups excluding carboxylic acids is 4. The molecule has 10 heteroatoms. The van der Waals surface area contributed by atoms with E-state index in [1.807, 2.05) is 91.9 Å². The number of hydrogen-bond acceptors (Lipinski definition) is 6. The van der Waals surface area contributed by atoms with Crippen molar-refractivity contribution in [3.63, 3.8) is 0 Å². The number of benzene rings is 4. The van der Waals surface area contributed by atoms with Crippen LogP contribution in [0.4, 0.5) is 0 Å². The van der Waals surface area contributed by atoms with Crippen LogP contribution in [0.2, 0.25) is 0 Å². The van der Waals surface area contributed by atoms with Crippen LogP contribution in [0.1, 0.15) is 40.7 Å². The van der Waals surface area contributed by atoms with Crippen molar-refractivity contribution in [1.82, 2.24) is 15.5 Å².